The van der Waals surface area contributed by atoms with Crippen molar-refractivity contribution in [2.75, 3.05) is 11.1 Å². The number of nitrogens with zero attached hydrogens (tertiary/aromatic N) is 3. The van der Waals surface area contributed by atoms with E-state index in [1.165, 1.54) is 23.9 Å². The summed E-state index contributed by atoms with van der Waals surface area (Å²) in [6, 6.07) is 17.3. The summed E-state index contributed by atoms with van der Waals surface area (Å²) >= 11 is 7.21. The van der Waals surface area contributed by atoms with Gasteiger partial charge >= 0.3 is 0 Å². The highest BCUT2D eigenvalue weighted by atomic mass is 35.5. The first kappa shape index (κ1) is 20.2. The van der Waals surface area contributed by atoms with Gasteiger partial charge in [-0.1, -0.05) is 53.7 Å². The molecule has 4 rings (SSSR count). The van der Waals surface area contributed by atoms with Gasteiger partial charge in [0.2, 0.25) is 11.7 Å². The van der Waals surface area contributed by atoms with E-state index in [-0.39, 0.29) is 16.7 Å². The Balaban J connectivity index is 1.51. The van der Waals surface area contributed by atoms with E-state index in [1.807, 2.05) is 41.0 Å². The summed E-state index contributed by atoms with van der Waals surface area (Å²) in [5.41, 5.74) is 1.42. The van der Waals surface area contributed by atoms with Crippen molar-refractivity contribution in [3.63, 3.8) is 0 Å². The van der Waals surface area contributed by atoms with Gasteiger partial charge in [-0.2, -0.15) is 0 Å². The number of rotatable bonds is 7. The number of hydrogen-bond acceptors (Lipinski definition) is 5. The Labute approximate surface area is 181 Å². The van der Waals surface area contributed by atoms with Crippen LogP contribution in [-0.2, 0) is 11.3 Å². The second-order valence-electron chi connectivity index (χ2n) is 6.32. The lowest BCUT2D eigenvalue weighted by Crippen LogP contribution is -2.15. The number of furan rings is 1. The van der Waals surface area contributed by atoms with E-state index >= 15 is 0 Å². The molecule has 0 atom stereocenters. The molecule has 0 unspecified atom stereocenters. The van der Waals surface area contributed by atoms with Crippen LogP contribution in [0.1, 0.15) is 5.56 Å². The Morgan fingerprint density at radius 1 is 1.13 bits per heavy atom. The predicted molar refractivity (Wildman–Crippen MR) is 114 cm³/mol. The monoisotopic (exact) mass is 442 g/mol. The molecule has 0 bridgehead atoms. The molecule has 0 saturated carbocycles. The van der Waals surface area contributed by atoms with Crippen LogP contribution in [0.15, 0.2) is 76.5 Å². The number of thioether (sulfide) groups is 1. The first-order valence-electron chi connectivity index (χ1n) is 8.99. The number of halogens is 2. The third-order valence-electron chi connectivity index (χ3n) is 4.18. The van der Waals surface area contributed by atoms with Crippen molar-refractivity contribution < 1.29 is 13.6 Å². The van der Waals surface area contributed by atoms with Crippen molar-refractivity contribution in [1.82, 2.24) is 14.8 Å². The van der Waals surface area contributed by atoms with E-state index in [0.717, 1.165) is 11.6 Å². The Morgan fingerprint density at radius 3 is 2.70 bits per heavy atom. The van der Waals surface area contributed by atoms with Crippen LogP contribution in [0, 0.1) is 5.82 Å². The van der Waals surface area contributed by atoms with Gasteiger partial charge in [0, 0.05) is 0 Å². The molecule has 4 aromatic rings. The van der Waals surface area contributed by atoms with Crippen molar-refractivity contribution in [3.05, 3.63) is 83.3 Å². The van der Waals surface area contributed by atoms with Crippen molar-refractivity contribution >= 4 is 35.0 Å². The fourth-order valence-electron chi connectivity index (χ4n) is 2.80. The topological polar surface area (TPSA) is 73.0 Å². The summed E-state index contributed by atoms with van der Waals surface area (Å²) in [5, 5.41) is 11.9. The number of anilines is 1. The smallest absolute Gasteiger partial charge is 0.234 e. The van der Waals surface area contributed by atoms with Gasteiger partial charge in [0.05, 0.1) is 29.3 Å². The second kappa shape index (κ2) is 9.15. The highest BCUT2D eigenvalue weighted by Crippen LogP contribution is 2.26. The number of nitrogens with one attached hydrogen (secondary N) is 1. The van der Waals surface area contributed by atoms with Crippen molar-refractivity contribution in [3.8, 4) is 11.6 Å². The fraction of sp³-hybridized carbons (Fsp3) is 0.0952. The maximum Gasteiger partial charge on any atom is 0.234 e. The van der Waals surface area contributed by atoms with E-state index < -0.39 is 5.82 Å². The van der Waals surface area contributed by atoms with Crippen LogP contribution in [0.5, 0.6) is 0 Å². The maximum absolute atomic E-state index is 13.2. The zero-order chi connectivity index (χ0) is 20.9. The first-order chi connectivity index (χ1) is 14.6. The van der Waals surface area contributed by atoms with E-state index in [9.17, 15) is 9.18 Å². The average Bonchev–Trinajstić information content (AvgIpc) is 3.39. The molecule has 0 saturated heterocycles. The standard InChI is InChI=1S/C21H16ClFN4O2S/c22-16-11-15(23)8-9-17(16)24-19(28)13-30-21-26-25-20(18-7-4-10-29-18)27(21)12-14-5-2-1-3-6-14/h1-11H,12-13H2,(H,24,28). The third kappa shape index (κ3) is 4.72. The van der Waals surface area contributed by atoms with Gasteiger partial charge < -0.3 is 9.73 Å². The molecule has 0 fully saturated rings. The van der Waals surface area contributed by atoms with Crippen LogP contribution in [0.4, 0.5) is 10.1 Å². The Kier molecular flexibility index (Phi) is 6.15. The van der Waals surface area contributed by atoms with E-state index in [4.69, 9.17) is 16.0 Å². The summed E-state index contributed by atoms with van der Waals surface area (Å²) in [7, 11) is 0. The predicted octanol–water partition coefficient (Wildman–Crippen LogP) is 5.11. The zero-order valence-electron chi connectivity index (χ0n) is 15.6. The Morgan fingerprint density at radius 2 is 1.97 bits per heavy atom. The molecule has 6 nitrogen and oxygen atoms in total. The first-order valence-corrected chi connectivity index (χ1v) is 10.4. The van der Waals surface area contributed by atoms with Crippen LogP contribution in [0.3, 0.4) is 0 Å². The maximum atomic E-state index is 13.2. The normalized spacial score (nSPS) is 10.9. The Bertz CT molecular complexity index is 1150. The van der Waals surface area contributed by atoms with Gasteiger partial charge in [0.25, 0.3) is 0 Å². The van der Waals surface area contributed by atoms with Crippen molar-refractivity contribution in [1.29, 1.82) is 0 Å². The molecule has 2 aromatic carbocycles. The SMILES string of the molecule is O=C(CSc1nnc(-c2ccco2)n1Cc1ccccc1)Nc1ccc(F)cc1Cl. The molecule has 1 N–H and O–H groups in total. The minimum absolute atomic E-state index is 0.0821. The second-order valence-corrected chi connectivity index (χ2v) is 7.67. The highest BCUT2D eigenvalue weighted by Gasteiger charge is 2.18. The third-order valence-corrected chi connectivity index (χ3v) is 5.46. The van der Waals surface area contributed by atoms with Gasteiger partial charge in [0.15, 0.2) is 10.9 Å². The molecule has 152 valence electrons. The molecular formula is C21H16ClFN4O2S. The molecule has 2 aromatic heterocycles. The molecule has 1 amide bonds. The van der Waals surface area contributed by atoms with E-state index in [2.05, 4.69) is 15.5 Å². The molecule has 2 heterocycles. The molecule has 0 aliphatic carbocycles. The number of carbonyl (C=O) groups is 1. The number of benzene rings is 2. The number of amides is 1. The van der Waals surface area contributed by atoms with Crippen molar-refractivity contribution in [2.24, 2.45) is 0 Å². The molecule has 0 aliphatic heterocycles. The molecule has 30 heavy (non-hydrogen) atoms. The number of carbonyl (C=O) groups excluding carboxylic acids is 1. The van der Waals surface area contributed by atoms with Crippen LogP contribution in [0.25, 0.3) is 11.6 Å². The van der Waals surface area contributed by atoms with Gasteiger partial charge in [-0.25, -0.2) is 4.39 Å². The van der Waals surface area contributed by atoms with Crippen LogP contribution in [-0.4, -0.2) is 26.4 Å². The average molecular weight is 443 g/mol. The molecule has 0 radical (unpaired) electrons. The van der Waals surface area contributed by atoms with E-state index in [0.29, 0.717) is 29.0 Å². The largest absolute Gasteiger partial charge is 0.461 e. The molecular weight excluding hydrogens is 427 g/mol. The minimum atomic E-state index is -0.466. The number of hydrogen-bond donors (Lipinski definition) is 1. The fourth-order valence-corrected chi connectivity index (χ4v) is 3.75. The molecule has 0 spiro atoms. The lowest BCUT2D eigenvalue weighted by atomic mass is 10.2. The Hall–Kier alpha value is -3.10. The van der Waals surface area contributed by atoms with Gasteiger partial charge in [-0.3, -0.25) is 9.36 Å². The van der Waals surface area contributed by atoms with Gasteiger partial charge in [-0.05, 0) is 35.9 Å². The summed E-state index contributed by atoms with van der Waals surface area (Å²) < 4.78 is 20.6. The van der Waals surface area contributed by atoms with Crippen LogP contribution < -0.4 is 5.32 Å². The van der Waals surface area contributed by atoms with Crippen LogP contribution in [0.2, 0.25) is 5.02 Å². The summed E-state index contributed by atoms with van der Waals surface area (Å²) in [5.74, 6) is 0.494. The molecule has 0 aliphatic rings. The summed E-state index contributed by atoms with van der Waals surface area (Å²) in [6.45, 7) is 0.525. The van der Waals surface area contributed by atoms with Crippen LogP contribution >= 0.6 is 23.4 Å². The summed E-state index contributed by atoms with van der Waals surface area (Å²) in [4.78, 5) is 12.4. The zero-order valence-corrected chi connectivity index (χ0v) is 17.2. The van der Waals surface area contributed by atoms with Gasteiger partial charge in [-0.15, -0.1) is 10.2 Å². The highest BCUT2D eigenvalue weighted by molar-refractivity contribution is 7.99. The quantitative estimate of drug-likeness (QED) is 0.402. The lowest BCUT2D eigenvalue weighted by Gasteiger charge is -2.10. The van der Waals surface area contributed by atoms with Crippen molar-refractivity contribution in [2.45, 2.75) is 11.7 Å². The molecule has 9 heteroatoms. The number of aromatic nitrogens is 3. The van der Waals surface area contributed by atoms with Gasteiger partial charge in [0.1, 0.15) is 5.82 Å². The van der Waals surface area contributed by atoms with E-state index in [1.54, 1.807) is 12.3 Å². The minimum Gasteiger partial charge on any atom is -0.461 e. The lowest BCUT2D eigenvalue weighted by molar-refractivity contribution is -0.113. The summed E-state index contributed by atoms with van der Waals surface area (Å²) in [6.07, 6.45) is 1.57.